The van der Waals surface area contributed by atoms with Gasteiger partial charge in [0.25, 0.3) is 0 Å². The van der Waals surface area contributed by atoms with Crippen LogP contribution in [0.1, 0.15) is 116 Å². The summed E-state index contributed by atoms with van der Waals surface area (Å²) in [6.45, 7) is 8.15. The molecule has 1 N–H and O–H groups in total. The van der Waals surface area contributed by atoms with E-state index in [9.17, 15) is 0 Å². The Kier molecular flexibility index (Phi) is 14.6. The van der Waals surface area contributed by atoms with E-state index in [1.165, 1.54) is 89.0 Å². The molecule has 0 radical (unpaired) electrons. The Bertz CT molecular complexity index is 554. The Morgan fingerprint density at radius 3 is 2.10 bits per heavy atom. The first kappa shape index (κ1) is 26.0. The highest BCUT2D eigenvalue weighted by Crippen LogP contribution is 2.27. The summed E-state index contributed by atoms with van der Waals surface area (Å²) in [7, 11) is 0. The third-order valence-corrected chi connectivity index (χ3v) is 6.53. The van der Waals surface area contributed by atoms with Crippen LogP contribution >= 0.6 is 0 Å². The van der Waals surface area contributed by atoms with Crippen LogP contribution < -0.4 is 14.8 Å². The van der Waals surface area contributed by atoms with Crippen molar-refractivity contribution in [1.82, 2.24) is 5.32 Å². The summed E-state index contributed by atoms with van der Waals surface area (Å²) in [6.07, 6.45) is 19.7. The average molecular weight is 432 g/mol. The second-order valence-electron chi connectivity index (χ2n) is 9.43. The van der Waals surface area contributed by atoms with E-state index in [0.717, 1.165) is 56.6 Å². The maximum Gasteiger partial charge on any atom is 0.127 e. The minimum atomic E-state index is 0.805. The van der Waals surface area contributed by atoms with Crippen LogP contribution in [0, 0.1) is 5.92 Å². The quantitative estimate of drug-likeness (QED) is 0.238. The molecule has 0 bridgehead atoms. The van der Waals surface area contributed by atoms with Gasteiger partial charge in [0.15, 0.2) is 0 Å². The average Bonchev–Trinajstić information content (AvgIpc) is 2.80. The topological polar surface area (TPSA) is 30.5 Å². The molecule has 1 fully saturated rings. The van der Waals surface area contributed by atoms with E-state index >= 15 is 0 Å². The predicted molar refractivity (Wildman–Crippen MR) is 133 cm³/mol. The molecule has 0 atom stereocenters. The van der Waals surface area contributed by atoms with Gasteiger partial charge in [-0.1, -0.05) is 90.5 Å². The molecule has 178 valence electrons. The molecule has 1 aromatic rings. The summed E-state index contributed by atoms with van der Waals surface area (Å²) in [5.74, 6) is 2.81. The molecule has 0 aliphatic heterocycles. The van der Waals surface area contributed by atoms with E-state index in [1.807, 2.05) is 0 Å². The third kappa shape index (κ3) is 11.8. The van der Waals surface area contributed by atoms with Gasteiger partial charge in [0, 0.05) is 18.2 Å². The summed E-state index contributed by atoms with van der Waals surface area (Å²) >= 11 is 0. The molecule has 3 nitrogen and oxygen atoms in total. The Hall–Kier alpha value is -1.22. The SMILES string of the molecule is CCCCCCCOc1ccc(CNCC2CCCCC2)c(OCCCCCCC)c1. The minimum Gasteiger partial charge on any atom is -0.493 e. The number of rotatable bonds is 18. The predicted octanol–water partition coefficient (Wildman–Crippen LogP) is 8.05. The zero-order valence-corrected chi connectivity index (χ0v) is 20.6. The van der Waals surface area contributed by atoms with Gasteiger partial charge in [-0.15, -0.1) is 0 Å². The van der Waals surface area contributed by atoms with Gasteiger partial charge < -0.3 is 14.8 Å². The minimum absolute atomic E-state index is 0.805. The lowest BCUT2D eigenvalue weighted by molar-refractivity contribution is 0.286. The van der Waals surface area contributed by atoms with Crippen molar-refractivity contribution >= 4 is 0 Å². The highest BCUT2D eigenvalue weighted by molar-refractivity contribution is 5.40. The molecule has 0 saturated heterocycles. The number of hydrogen-bond donors (Lipinski definition) is 1. The Morgan fingerprint density at radius 1 is 0.774 bits per heavy atom. The lowest BCUT2D eigenvalue weighted by Gasteiger charge is -2.22. The Labute approximate surface area is 192 Å². The van der Waals surface area contributed by atoms with Crippen LogP contribution in [0.4, 0.5) is 0 Å². The first-order chi connectivity index (χ1) is 15.3. The molecular formula is C28H49NO2. The zero-order valence-electron chi connectivity index (χ0n) is 20.6. The van der Waals surface area contributed by atoms with Crippen LogP contribution in [-0.4, -0.2) is 19.8 Å². The maximum absolute atomic E-state index is 6.24. The molecule has 3 heteroatoms. The second-order valence-corrected chi connectivity index (χ2v) is 9.43. The highest BCUT2D eigenvalue weighted by Gasteiger charge is 2.13. The van der Waals surface area contributed by atoms with E-state index in [-0.39, 0.29) is 0 Å². The van der Waals surface area contributed by atoms with Crippen molar-refractivity contribution in [2.75, 3.05) is 19.8 Å². The molecule has 0 spiro atoms. The molecule has 1 saturated carbocycles. The number of nitrogens with one attached hydrogen (secondary N) is 1. The van der Waals surface area contributed by atoms with Crippen molar-refractivity contribution in [2.24, 2.45) is 5.92 Å². The van der Waals surface area contributed by atoms with Crippen LogP contribution in [0.5, 0.6) is 11.5 Å². The van der Waals surface area contributed by atoms with Gasteiger partial charge in [-0.3, -0.25) is 0 Å². The maximum atomic E-state index is 6.24. The summed E-state index contributed by atoms with van der Waals surface area (Å²) in [6, 6.07) is 6.44. The summed E-state index contributed by atoms with van der Waals surface area (Å²) in [4.78, 5) is 0. The van der Waals surface area contributed by atoms with Crippen molar-refractivity contribution in [1.29, 1.82) is 0 Å². The van der Waals surface area contributed by atoms with E-state index in [0.29, 0.717) is 0 Å². The molecule has 0 aromatic heterocycles. The Morgan fingerprint density at radius 2 is 1.42 bits per heavy atom. The van der Waals surface area contributed by atoms with Crippen LogP contribution in [0.25, 0.3) is 0 Å². The normalized spacial score (nSPS) is 14.6. The van der Waals surface area contributed by atoms with Gasteiger partial charge in [-0.2, -0.15) is 0 Å². The first-order valence-corrected chi connectivity index (χ1v) is 13.4. The lowest BCUT2D eigenvalue weighted by atomic mass is 9.89. The fraction of sp³-hybridized carbons (Fsp3) is 0.786. The molecular weight excluding hydrogens is 382 g/mol. The smallest absolute Gasteiger partial charge is 0.127 e. The molecule has 2 rings (SSSR count). The third-order valence-electron chi connectivity index (χ3n) is 6.53. The van der Waals surface area contributed by atoms with E-state index in [1.54, 1.807) is 0 Å². The van der Waals surface area contributed by atoms with Crippen molar-refractivity contribution < 1.29 is 9.47 Å². The second kappa shape index (κ2) is 17.3. The fourth-order valence-corrected chi connectivity index (χ4v) is 4.49. The zero-order chi connectivity index (χ0) is 22.0. The van der Waals surface area contributed by atoms with E-state index < -0.39 is 0 Å². The van der Waals surface area contributed by atoms with Gasteiger partial charge >= 0.3 is 0 Å². The molecule has 0 amide bonds. The monoisotopic (exact) mass is 431 g/mol. The molecule has 31 heavy (non-hydrogen) atoms. The number of unbranched alkanes of at least 4 members (excludes halogenated alkanes) is 8. The first-order valence-electron chi connectivity index (χ1n) is 13.4. The highest BCUT2D eigenvalue weighted by atomic mass is 16.5. The van der Waals surface area contributed by atoms with E-state index in [2.05, 4.69) is 37.4 Å². The molecule has 1 aliphatic carbocycles. The largest absolute Gasteiger partial charge is 0.493 e. The van der Waals surface area contributed by atoms with E-state index in [4.69, 9.17) is 9.47 Å². The summed E-state index contributed by atoms with van der Waals surface area (Å²) < 4.78 is 12.3. The Balaban J connectivity index is 1.81. The van der Waals surface area contributed by atoms with Crippen molar-refractivity contribution in [3.05, 3.63) is 23.8 Å². The number of benzene rings is 1. The van der Waals surface area contributed by atoms with Gasteiger partial charge in [0.2, 0.25) is 0 Å². The summed E-state index contributed by atoms with van der Waals surface area (Å²) in [5, 5.41) is 3.70. The van der Waals surface area contributed by atoms with Crippen molar-refractivity contribution in [3.8, 4) is 11.5 Å². The lowest BCUT2D eigenvalue weighted by Crippen LogP contribution is -2.24. The van der Waals surface area contributed by atoms with Crippen molar-refractivity contribution in [3.63, 3.8) is 0 Å². The molecule has 0 heterocycles. The van der Waals surface area contributed by atoms with Gasteiger partial charge in [0.1, 0.15) is 11.5 Å². The fourth-order valence-electron chi connectivity index (χ4n) is 4.49. The molecule has 1 aromatic carbocycles. The summed E-state index contributed by atoms with van der Waals surface area (Å²) in [5.41, 5.74) is 1.26. The standard InChI is InChI=1S/C28H49NO2/c1-3-5-7-9-14-20-30-27-19-18-26(24-29-23-25-16-12-11-13-17-25)28(22-27)31-21-15-10-8-6-4-2/h18-19,22,25,29H,3-17,20-21,23-24H2,1-2H3. The molecule has 0 unspecified atom stereocenters. The van der Waals surface area contributed by atoms with Crippen LogP contribution in [0.15, 0.2) is 18.2 Å². The van der Waals surface area contributed by atoms with Gasteiger partial charge in [-0.05, 0) is 44.2 Å². The van der Waals surface area contributed by atoms with Crippen molar-refractivity contribution in [2.45, 2.75) is 117 Å². The molecule has 1 aliphatic rings. The number of ether oxygens (including phenoxy) is 2. The number of hydrogen-bond acceptors (Lipinski definition) is 3. The van der Waals surface area contributed by atoms with Crippen LogP contribution in [-0.2, 0) is 6.54 Å². The van der Waals surface area contributed by atoms with Crippen LogP contribution in [0.3, 0.4) is 0 Å². The van der Waals surface area contributed by atoms with Gasteiger partial charge in [-0.25, -0.2) is 0 Å². The van der Waals surface area contributed by atoms with Gasteiger partial charge in [0.05, 0.1) is 13.2 Å². The van der Waals surface area contributed by atoms with Crippen LogP contribution in [0.2, 0.25) is 0 Å².